The van der Waals surface area contributed by atoms with E-state index in [9.17, 15) is 13.5 Å². The van der Waals surface area contributed by atoms with Crippen molar-refractivity contribution in [2.75, 3.05) is 13.1 Å². The highest BCUT2D eigenvalue weighted by atomic mass is 79.9. The minimum absolute atomic E-state index is 0.152. The molecule has 0 amide bonds. The third kappa shape index (κ3) is 2.43. The van der Waals surface area contributed by atoms with Crippen LogP contribution in [0, 0.1) is 11.8 Å². The van der Waals surface area contributed by atoms with E-state index >= 15 is 0 Å². The topological polar surface area (TPSA) is 57.6 Å². The smallest absolute Gasteiger partial charge is 0.244 e. The molecule has 2 atom stereocenters. The first-order valence-electron chi connectivity index (χ1n) is 6.92. The highest BCUT2D eigenvalue weighted by Gasteiger charge is 2.41. The molecular weight excluding hydrogens is 342 g/mol. The van der Waals surface area contributed by atoms with Crippen LogP contribution in [0.25, 0.3) is 0 Å². The van der Waals surface area contributed by atoms with E-state index in [-0.39, 0.29) is 11.5 Å². The molecule has 2 aliphatic rings. The second kappa shape index (κ2) is 5.40. The molecule has 0 bridgehead atoms. The van der Waals surface area contributed by atoms with Crippen molar-refractivity contribution in [1.82, 2.24) is 4.31 Å². The molecule has 4 nitrogen and oxygen atoms in total. The second-order valence-electron chi connectivity index (χ2n) is 5.70. The number of aliphatic hydroxyl groups excluding tert-OH is 1. The number of benzene rings is 1. The Bertz CT molecular complexity index is 605. The molecule has 0 radical (unpaired) electrons. The molecule has 1 aliphatic carbocycles. The van der Waals surface area contributed by atoms with Crippen LogP contribution in [0.1, 0.15) is 24.8 Å². The lowest BCUT2D eigenvalue weighted by Crippen LogP contribution is -2.30. The molecule has 0 spiro atoms. The highest BCUT2D eigenvalue weighted by Crippen LogP contribution is 2.40. The summed E-state index contributed by atoms with van der Waals surface area (Å²) in [6.45, 7) is 1.13. The molecule has 1 saturated heterocycles. The molecule has 2 fully saturated rings. The predicted octanol–water partition coefficient (Wildman–Crippen LogP) is 2.36. The van der Waals surface area contributed by atoms with E-state index in [1.807, 2.05) is 0 Å². The van der Waals surface area contributed by atoms with Gasteiger partial charge in [-0.25, -0.2) is 8.42 Å². The summed E-state index contributed by atoms with van der Waals surface area (Å²) in [7, 11) is -3.47. The third-order valence-corrected chi connectivity index (χ3v) is 7.31. The van der Waals surface area contributed by atoms with Crippen LogP contribution in [0.5, 0.6) is 0 Å². The van der Waals surface area contributed by atoms with Gasteiger partial charge in [-0.3, -0.25) is 0 Å². The fourth-order valence-corrected chi connectivity index (χ4v) is 5.90. The number of rotatable bonds is 3. The molecule has 110 valence electrons. The van der Waals surface area contributed by atoms with Crippen molar-refractivity contribution in [3.8, 4) is 0 Å². The Labute approximate surface area is 128 Å². The van der Waals surface area contributed by atoms with Crippen LogP contribution in [0.3, 0.4) is 0 Å². The molecule has 1 N–H and O–H groups in total. The van der Waals surface area contributed by atoms with Gasteiger partial charge in [0.05, 0.1) is 11.5 Å². The van der Waals surface area contributed by atoms with Gasteiger partial charge in [0.1, 0.15) is 0 Å². The van der Waals surface area contributed by atoms with Crippen molar-refractivity contribution in [2.45, 2.75) is 30.8 Å². The van der Waals surface area contributed by atoms with Gasteiger partial charge in [-0.05, 0) is 58.3 Å². The fraction of sp³-hybridized carbons (Fsp3) is 0.571. The minimum Gasteiger partial charge on any atom is -0.392 e. The standard InChI is InChI=1S/C14H18BrNO3S/c15-13-5-4-10(9-17)6-14(13)20(18,19)16-7-11-2-1-3-12(11)8-16/h4-6,11-12,17H,1-3,7-9H2. The summed E-state index contributed by atoms with van der Waals surface area (Å²) in [6.07, 6.45) is 3.52. The Balaban J connectivity index is 1.92. The summed E-state index contributed by atoms with van der Waals surface area (Å²) in [6, 6.07) is 4.98. The Morgan fingerprint density at radius 2 is 1.90 bits per heavy atom. The molecule has 20 heavy (non-hydrogen) atoms. The summed E-state index contributed by atoms with van der Waals surface area (Å²) in [5, 5.41) is 9.19. The zero-order valence-corrected chi connectivity index (χ0v) is 13.5. The predicted molar refractivity (Wildman–Crippen MR) is 79.7 cm³/mol. The van der Waals surface area contributed by atoms with Gasteiger partial charge in [-0.2, -0.15) is 4.31 Å². The van der Waals surface area contributed by atoms with Crippen molar-refractivity contribution in [3.63, 3.8) is 0 Å². The molecule has 6 heteroatoms. The number of aliphatic hydroxyl groups is 1. The molecule has 1 aliphatic heterocycles. The van der Waals surface area contributed by atoms with Crippen LogP contribution in [0.2, 0.25) is 0 Å². The number of hydrogen-bond acceptors (Lipinski definition) is 3. The van der Waals surface area contributed by atoms with Gasteiger partial charge in [-0.15, -0.1) is 0 Å². The molecular formula is C14H18BrNO3S. The summed E-state index contributed by atoms with van der Waals surface area (Å²) in [4.78, 5) is 0.268. The quantitative estimate of drug-likeness (QED) is 0.900. The molecule has 1 aromatic rings. The van der Waals surface area contributed by atoms with Crippen molar-refractivity contribution < 1.29 is 13.5 Å². The molecule has 0 aromatic heterocycles. The second-order valence-corrected chi connectivity index (χ2v) is 8.46. The monoisotopic (exact) mass is 359 g/mol. The van der Waals surface area contributed by atoms with Gasteiger partial charge in [0.2, 0.25) is 10.0 Å². The van der Waals surface area contributed by atoms with Crippen molar-refractivity contribution in [1.29, 1.82) is 0 Å². The molecule has 3 rings (SSSR count). The maximum Gasteiger partial charge on any atom is 0.244 e. The van der Waals surface area contributed by atoms with Crippen molar-refractivity contribution in [3.05, 3.63) is 28.2 Å². The van der Waals surface area contributed by atoms with Crippen LogP contribution in [-0.4, -0.2) is 30.9 Å². The van der Waals surface area contributed by atoms with Crippen LogP contribution in [-0.2, 0) is 16.6 Å². The Kier molecular flexibility index (Phi) is 3.92. The summed E-state index contributed by atoms with van der Waals surface area (Å²) in [5.41, 5.74) is 0.617. The SMILES string of the molecule is O=S(=O)(c1cc(CO)ccc1Br)N1CC2CCCC2C1. The van der Waals surface area contributed by atoms with Gasteiger partial charge in [0, 0.05) is 17.6 Å². The zero-order valence-electron chi connectivity index (χ0n) is 11.1. The first kappa shape index (κ1) is 14.5. The van der Waals surface area contributed by atoms with E-state index in [1.54, 1.807) is 22.5 Å². The van der Waals surface area contributed by atoms with E-state index in [2.05, 4.69) is 15.9 Å². The van der Waals surface area contributed by atoms with Gasteiger partial charge in [-0.1, -0.05) is 12.5 Å². The summed E-state index contributed by atoms with van der Waals surface area (Å²) in [5.74, 6) is 1.06. The lowest BCUT2D eigenvalue weighted by molar-refractivity contribution is 0.281. The largest absolute Gasteiger partial charge is 0.392 e. The van der Waals surface area contributed by atoms with Gasteiger partial charge in [0.25, 0.3) is 0 Å². The van der Waals surface area contributed by atoms with Gasteiger partial charge in [0.15, 0.2) is 0 Å². The molecule has 2 unspecified atom stereocenters. The van der Waals surface area contributed by atoms with Crippen LogP contribution in [0.4, 0.5) is 0 Å². The van der Waals surface area contributed by atoms with E-state index in [0.29, 0.717) is 35.0 Å². The number of fused-ring (bicyclic) bond motifs is 1. The average Bonchev–Trinajstić information content (AvgIpc) is 3.00. The Hall–Kier alpha value is -0.430. The lowest BCUT2D eigenvalue weighted by atomic mass is 10.0. The molecule has 1 heterocycles. The van der Waals surface area contributed by atoms with Gasteiger partial charge < -0.3 is 5.11 Å². The normalized spacial score (nSPS) is 26.9. The maximum atomic E-state index is 12.8. The number of sulfonamides is 1. The third-order valence-electron chi connectivity index (χ3n) is 4.49. The summed E-state index contributed by atoms with van der Waals surface area (Å²) >= 11 is 3.32. The summed E-state index contributed by atoms with van der Waals surface area (Å²) < 4.78 is 27.7. The van der Waals surface area contributed by atoms with E-state index in [1.165, 1.54) is 6.42 Å². The van der Waals surface area contributed by atoms with Crippen LogP contribution >= 0.6 is 15.9 Å². The van der Waals surface area contributed by atoms with Gasteiger partial charge >= 0.3 is 0 Å². The maximum absolute atomic E-state index is 12.8. The fourth-order valence-electron chi connectivity index (χ4n) is 3.37. The number of hydrogen-bond donors (Lipinski definition) is 1. The van der Waals surface area contributed by atoms with Crippen molar-refractivity contribution in [2.24, 2.45) is 11.8 Å². The van der Waals surface area contributed by atoms with E-state index in [0.717, 1.165) is 12.8 Å². The number of halogens is 1. The molecule has 1 saturated carbocycles. The number of nitrogens with zero attached hydrogens (tertiary/aromatic N) is 1. The highest BCUT2D eigenvalue weighted by molar-refractivity contribution is 9.10. The first-order chi connectivity index (χ1) is 9.52. The zero-order chi connectivity index (χ0) is 14.3. The first-order valence-corrected chi connectivity index (χ1v) is 9.15. The van der Waals surface area contributed by atoms with E-state index in [4.69, 9.17) is 0 Å². The van der Waals surface area contributed by atoms with Crippen LogP contribution in [0.15, 0.2) is 27.6 Å². The van der Waals surface area contributed by atoms with Crippen LogP contribution < -0.4 is 0 Å². The molecule has 1 aromatic carbocycles. The minimum atomic E-state index is -3.47. The lowest BCUT2D eigenvalue weighted by Gasteiger charge is -2.18. The van der Waals surface area contributed by atoms with E-state index < -0.39 is 10.0 Å². The Morgan fingerprint density at radius 1 is 1.25 bits per heavy atom. The van der Waals surface area contributed by atoms with Crippen molar-refractivity contribution >= 4 is 26.0 Å². The Morgan fingerprint density at radius 3 is 2.50 bits per heavy atom. The average molecular weight is 360 g/mol.